The van der Waals surface area contributed by atoms with Crippen LogP contribution in [0.15, 0.2) is 23.3 Å². The molecule has 0 bridgehead atoms. The van der Waals surface area contributed by atoms with Crippen LogP contribution in [0.1, 0.15) is 77.6 Å². The van der Waals surface area contributed by atoms with Crippen molar-refractivity contribution in [3.05, 3.63) is 28.2 Å². The average molecular weight is 413 g/mol. The molecule has 1 aliphatic rings. The number of nitrogens with one attached hydrogen (secondary N) is 1. The Morgan fingerprint density at radius 3 is 2.11 bits per heavy atom. The summed E-state index contributed by atoms with van der Waals surface area (Å²) in [6.07, 6.45) is 12.6. The zero-order valence-electron chi connectivity index (χ0n) is 16.1. The lowest BCUT2D eigenvalue weighted by atomic mass is 10.00. The Morgan fingerprint density at radius 2 is 1.56 bits per heavy atom. The molecule has 0 saturated heterocycles. The van der Waals surface area contributed by atoms with Gasteiger partial charge in [0, 0.05) is 10.7 Å². The lowest BCUT2D eigenvalue weighted by Gasteiger charge is -2.15. The van der Waals surface area contributed by atoms with Gasteiger partial charge in [-0.3, -0.25) is 4.79 Å². The van der Waals surface area contributed by atoms with Crippen LogP contribution in [0, 0.1) is 0 Å². The third-order valence-electron chi connectivity index (χ3n) is 4.82. The molecule has 0 aliphatic heterocycles. The van der Waals surface area contributed by atoms with E-state index < -0.39 is 6.10 Å². The Hall–Kier alpha value is -1.26. The molecule has 0 heterocycles. The molecule has 150 valence electrons. The minimum Gasteiger partial charge on any atom is -0.479 e. The van der Waals surface area contributed by atoms with E-state index in [2.05, 4.69) is 10.5 Å². The van der Waals surface area contributed by atoms with Crippen LogP contribution < -0.4 is 10.2 Å². The monoisotopic (exact) mass is 412 g/mol. The highest BCUT2D eigenvalue weighted by molar-refractivity contribution is 6.35. The normalized spacial score (nSPS) is 18.0. The zero-order chi connectivity index (χ0) is 19.5. The van der Waals surface area contributed by atoms with E-state index in [1.54, 1.807) is 25.1 Å². The van der Waals surface area contributed by atoms with Crippen LogP contribution >= 0.6 is 23.2 Å². The predicted molar refractivity (Wildman–Crippen MR) is 113 cm³/mol. The van der Waals surface area contributed by atoms with Gasteiger partial charge in [-0.15, -0.1) is 0 Å². The first-order chi connectivity index (χ1) is 13.1. The first-order valence-electron chi connectivity index (χ1n) is 10.0. The number of carbonyl (C=O) groups excluding carboxylic acids is 1. The Bertz CT molecular complexity index is 621. The maximum absolute atomic E-state index is 12.3. The average Bonchev–Trinajstić information content (AvgIpc) is 2.63. The lowest BCUT2D eigenvalue weighted by molar-refractivity contribution is -0.127. The number of amides is 1. The first kappa shape index (κ1) is 22.0. The summed E-state index contributed by atoms with van der Waals surface area (Å²) in [4.78, 5) is 12.3. The molecule has 1 aromatic carbocycles. The van der Waals surface area contributed by atoms with Crippen LogP contribution in [-0.4, -0.2) is 17.7 Å². The summed E-state index contributed by atoms with van der Waals surface area (Å²) in [5, 5.41) is 5.30. The van der Waals surface area contributed by atoms with Gasteiger partial charge in [-0.2, -0.15) is 5.10 Å². The fourth-order valence-electron chi connectivity index (χ4n) is 3.17. The Labute approximate surface area is 172 Å². The first-order valence-corrected chi connectivity index (χ1v) is 10.8. The number of hydrazone groups is 1. The van der Waals surface area contributed by atoms with Crippen molar-refractivity contribution in [2.75, 3.05) is 0 Å². The highest BCUT2D eigenvalue weighted by atomic mass is 35.5. The Morgan fingerprint density at radius 1 is 1.00 bits per heavy atom. The molecule has 4 nitrogen and oxygen atoms in total. The molecule has 0 spiro atoms. The molecule has 1 saturated carbocycles. The van der Waals surface area contributed by atoms with Crippen LogP contribution in [0.5, 0.6) is 5.75 Å². The van der Waals surface area contributed by atoms with Crippen molar-refractivity contribution in [1.29, 1.82) is 0 Å². The summed E-state index contributed by atoms with van der Waals surface area (Å²) < 4.78 is 5.64. The van der Waals surface area contributed by atoms with E-state index in [1.165, 1.54) is 44.9 Å². The van der Waals surface area contributed by atoms with E-state index in [9.17, 15) is 4.79 Å². The van der Waals surface area contributed by atoms with Crippen molar-refractivity contribution in [1.82, 2.24) is 5.43 Å². The van der Waals surface area contributed by atoms with Gasteiger partial charge in [0.05, 0.1) is 5.02 Å². The largest absolute Gasteiger partial charge is 0.479 e. The molecule has 1 aromatic rings. The van der Waals surface area contributed by atoms with Gasteiger partial charge in [-0.1, -0.05) is 68.1 Å². The minimum atomic E-state index is -0.695. The smallest absolute Gasteiger partial charge is 0.280 e. The van der Waals surface area contributed by atoms with Crippen molar-refractivity contribution >= 4 is 34.8 Å². The van der Waals surface area contributed by atoms with E-state index in [1.807, 2.05) is 0 Å². The molecule has 1 amide bonds. The van der Waals surface area contributed by atoms with Crippen LogP contribution in [-0.2, 0) is 4.79 Å². The molecular weight excluding hydrogens is 383 g/mol. The molecule has 0 radical (unpaired) electrons. The number of rotatable bonds is 4. The van der Waals surface area contributed by atoms with Gasteiger partial charge >= 0.3 is 0 Å². The number of ether oxygens (including phenoxy) is 1. The molecule has 2 rings (SSSR count). The van der Waals surface area contributed by atoms with Crippen molar-refractivity contribution in [3.63, 3.8) is 0 Å². The fourth-order valence-corrected chi connectivity index (χ4v) is 3.63. The molecular formula is C21H30Cl2N2O2. The standard InChI is InChI=1S/C21H30Cl2N2O2/c1-16(27-20-14-13-17(22)15-19(20)23)21(26)25-24-18-11-9-7-5-3-2-4-6-8-10-12-18/h13-16H,2-12H2,1H3,(H,25,26)/t16-/m0/s1. The molecule has 1 fully saturated rings. The second-order valence-corrected chi connectivity index (χ2v) is 8.01. The highest BCUT2D eigenvalue weighted by Gasteiger charge is 2.16. The van der Waals surface area contributed by atoms with E-state index in [0.29, 0.717) is 15.8 Å². The second-order valence-electron chi connectivity index (χ2n) is 7.17. The zero-order valence-corrected chi connectivity index (χ0v) is 17.6. The summed E-state index contributed by atoms with van der Waals surface area (Å²) in [7, 11) is 0. The van der Waals surface area contributed by atoms with Crippen molar-refractivity contribution in [2.45, 2.75) is 83.7 Å². The molecule has 1 N–H and O–H groups in total. The summed E-state index contributed by atoms with van der Waals surface area (Å²) in [6.45, 7) is 1.68. The van der Waals surface area contributed by atoms with Gasteiger partial charge in [-0.05, 0) is 50.8 Å². The quantitative estimate of drug-likeness (QED) is 0.570. The maximum Gasteiger partial charge on any atom is 0.280 e. The number of hydrogen-bond donors (Lipinski definition) is 1. The molecule has 6 heteroatoms. The summed E-state index contributed by atoms with van der Waals surface area (Å²) in [5.74, 6) is 0.155. The van der Waals surface area contributed by atoms with Crippen LogP contribution in [0.3, 0.4) is 0 Å². The third-order valence-corrected chi connectivity index (χ3v) is 5.35. The SMILES string of the molecule is C[C@H](Oc1ccc(Cl)cc1Cl)C(=O)NN=C1CCCCCCCCCCC1. The van der Waals surface area contributed by atoms with Gasteiger partial charge in [0.25, 0.3) is 5.91 Å². The predicted octanol–water partition coefficient (Wildman–Crippen LogP) is 6.54. The number of halogens is 2. The van der Waals surface area contributed by atoms with Crippen LogP contribution in [0.4, 0.5) is 0 Å². The fraction of sp³-hybridized carbons (Fsp3) is 0.619. The van der Waals surface area contributed by atoms with Gasteiger partial charge in [0.2, 0.25) is 0 Å². The second kappa shape index (κ2) is 12.2. The lowest BCUT2D eigenvalue weighted by Crippen LogP contribution is -2.34. The molecule has 1 atom stereocenters. The molecule has 27 heavy (non-hydrogen) atoms. The van der Waals surface area contributed by atoms with Crippen LogP contribution in [0.2, 0.25) is 10.0 Å². The third kappa shape index (κ3) is 8.52. The van der Waals surface area contributed by atoms with E-state index in [-0.39, 0.29) is 5.91 Å². The van der Waals surface area contributed by atoms with Gasteiger partial charge in [0.1, 0.15) is 5.75 Å². The van der Waals surface area contributed by atoms with Gasteiger partial charge in [0.15, 0.2) is 6.10 Å². The molecule has 0 aromatic heterocycles. The Balaban J connectivity index is 1.87. The topological polar surface area (TPSA) is 50.7 Å². The summed E-state index contributed by atoms with van der Waals surface area (Å²) in [5.41, 5.74) is 3.75. The molecule has 1 aliphatic carbocycles. The van der Waals surface area contributed by atoms with Crippen molar-refractivity contribution in [3.8, 4) is 5.75 Å². The number of carbonyl (C=O) groups is 1. The maximum atomic E-state index is 12.3. The van der Waals surface area contributed by atoms with Gasteiger partial charge in [-0.25, -0.2) is 5.43 Å². The highest BCUT2D eigenvalue weighted by Crippen LogP contribution is 2.28. The minimum absolute atomic E-state index is 0.278. The van der Waals surface area contributed by atoms with Crippen LogP contribution in [0.25, 0.3) is 0 Å². The number of nitrogens with zero attached hydrogens (tertiary/aromatic N) is 1. The number of hydrogen-bond acceptors (Lipinski definition) is 3. The Kier molecular flexibility index (Phi) is 10.00. The molecule has 0 unspecified atom stereocenters. The number of benzene rings is 1. The summed E-state index contributed by atoms with van der Waals surface area (Å²) >= 11 is 12.0. The van der Waals surface area contributed by atoms with E-state index in [4.69, 9.17) is 27.9 Å². The summed E-state index contributed by atoms with van der Waals surface area (Å²) in [6, 6.07) is 4.93. The van der Waals surface area contributed by atoms with E-state index >= 15 is 0 Å². The van der Waals surface area contributed by atoms with E-state index in [0.717, 1.165) is 31.4 Å². The van der Waals surface area contributed by atoms with Crippen molar-refractivity contribution < 1.29 is 9.53 Å². The van der Waals surface area contributed by atoms with Gasteiger partial charge < -0.3 is 4.74 Å². The van der Waals surface area contributed by atoms with Crippen molar-refractivity contribution in [2.24, 2.45) is 5.10 Å².